The minimum absolute atomic E-state index is 0.0447. The largest absolute Gasteiger partial charge is 0.481 e. The van der Waals surface area contributed by atoms with Gasteiger partial charge in [0, 0.05) is 6.42 Å². The van der Waals surface area contributed by atoms with Crippen LogP contribution in [0.4, 0.5) is 0 Å². The number of carboxylic acids is 1. The fourth-order valence-electron chi connectivity index (χ4n) is 1.53. The molecule has 0 aliphatic carbocycles. The molecular formula is C12H21NO5. The fourth-order valence-corrected chi connectivity index (χ4v) is 1.53. The Bertz CT molecular complexity index is 324. The topological polar surface area (TPSA) is 92.7 Å². The van der Waals surface area contributed by atoms with Gasteiger partial charge >= 0.3 is 11.9 Å². The molecular weight excluding hydrogens is 238 g/mol. The molecule has 104 valence electrons. The Hall–Kier alpha value is -1.59. The molecule has 0 aromatic carbocycles. The Labute approximate surface area is 107 Å². The molecule has 0 aromatic heterocycles. The molecule has 0 spiro atoms. The smallest absolute Gasteiger partial charge is 0.328 e. The minimum atomic E-state index is -0.953. The number of ether oxygens (including phenoxy) is 1. The van der Waals surface area contributed by atoms with Crippen molar-refractivity contribution in [3.05, 3.63) is 0 Å². The molecule has 0 fully saturated rings. The van der Waals surface area contributed by atoms with Crippen molar-refractivity contribution in [2.45, 2.75) is 46.6 Å². The lowest BCUT2D eigenvalue weighted by atomic mass is 9.85. The van der Waals surface area contributed by atoms with E-state index < -0.39 is 23.4 Å². The highest BCUT2D eigenvalue weighted by Crippen LogP contribution is 2.24. The third kappa shape index (κ3) is 6.88. The summed E-state index contributed by atoms with van der Waals surface area (Å²) in [7, 11) is 0. The average Bonchev–Trinajstić information content (AvgIpc) is 2.13. The van der Waals surface area contributed by atoms with Gasteiger partial charge in [0.15, 0.2) is 0 Å². The predicted octanol–water partition coefficient (Wildman–Crippen LogP) is 0.945. The predicted molar refractivity (Wildman–Crippen MR) is 64.9 cm³/mol. The molecule has 2 N–H and O–H groups in total. The normalized spacial score (nSPS) is 12.7. The summed E-state index contributed by atoms with van der Waals surface area (Å²) in [6.45, 7) is 6.84. The van der Waals surface area contributed by atoms with Crippen LogP contribution in [0.5, 0.6) is 0 Å². The van der Waals surface area contributed by atoms with Gasteiger partial charge in [0.25, 0.3) is 0 Å². The summed E-state index contributed by atoms with van der Waals surface area (Å²) in [5.74, 6) is -1.81. The van der Waals surface area contributed by atoms with Crippen LogP contribution in [0.2, 0.25) is 0 Å². The summed E-state index contributed by atoms with van der Waals surface area (Å²) in [4.78, 5) is 33.5. The second-order valence-corrected chi connectivity index (χ2v) is 4.95. The molecule has 6 heteroatoms. The van der Waals surface area contributed by atoms with Crippen LogP contribution in [-0.4, -0.2) is 35.6 Å². The zero-order valence-electron chi connectivity index (χ0n) is 11.3. The van der Waals surface area contributed by atoms with E-state index in [0.29, 0.717) is 0 Å². The van der Waals surface area contributed by atoms with E-state index in [9.17, 15) is 14.4 Å². The number of amides is 1. The van der Waals surface area contributed by atoms with Crippen LogP contribution in [0.3, 0.4) is 0 Å². The summed E-state index contributed by atoms with van der Waals surface area (Å²) in [5, 5.41) is 11.2. The van der Waals surface area contributed by atoms with Crippen LogP contribution in [0.15, 0.2) is 0 Å². The second kappa shape index (κ2) is 6.98. The highest BCUT2D eigenvalue weighted by atomic mass is 16.5. The number of nitrogens with one attached hydrogen (secondary N) is 1. The van der Waals surface area contributed by atoms with Gasteiger partial charge in [-0.15, -0.1) is 0 Å². The third-order valence-electron chi connectivity index (χ3n) is 2.29. The molecule has 6 nitrogen and oxygen atoms in total. The van der Waals surface area contributed by atoms with Gasteiger partial charge in [-0.3, -0.25) is 9.59 Å². The first-order valence-electron chi connectivity index (χ1n) is 5.85. The van der Waals surface area contributed by atoms with Crippen molar-refractivity contribution < 1.29 is 24.2 Å². The van der Waals surface area contributed by atoms with Gasteiger partial charge in [-0.2, -0.15) is 0 Å². The lowest BCUT2D eigenvalue weighted by molar-refractivity contribution is -0.147. The summed E-state index contributed by atoms with van der Waals surface area (Å²) >= 11 is 0. The number of esters is 1. The van der Waals surface area contributed by atoms with E-state index in [0.717, 1.165) is 0 Å². The molecule has 0 bridgehead atoms. The Balaban J connectivity index is 4.26. The Morgan fingerprint density at radius 3 is 2.28 bits per heavy atom. The first-order chi connectivity index (χ1) is 8.18. The van der Waals surface area contributed by atoms with Crippen molar-refractivity contribution in [3.8, 4) is 0 Å². The summed E-state index contributed by atoms with van der Waals surface area (Å²) in [5.41, 5.74) is -0.649. The van der Waals surface area contributed by atoms with Crippen molar-refractivity contribution in [2.24, 2.45) is 5.41 Å². The van der Waals surface area contributed by atoms with Gasteiger partial charge in [0.1, 0.15) is 6.04 Å². The van der Waals surface area contributed by atoms with Gasteiger partial charge in [0.05, 0.1) is 13.0 Å². The molecule has 0 heterocycles. The molecule has 1 amide bonds. The number of rotatable bonds is 7. The number of carbonyl (C=O) groups excluding carboxylic acids is 2. The molecule has 1 unspecified atom stereocenters. The molecule has 18 heavy (non-hydrogen) atoms. The number of carboxylic acid groups (broad SMARTS) is 1. The summed E-state index contributed by atoms with van der Waals surface area (Å²) in [6, 6.07) is -0.724. The van der Waals surface area contributed by atoms with Gasteiger partial charge in [-0.25, -0.2) is 4.79 Å². The zero-order chi connectivity index (χ0) is 14.3. The van der Waals surface area contributed by atoms with E-state index in [1.165, 1.54) is 6.92 Å². The van der Waals surface area contributed by atoms with Crippen LogP contribution in [0, 0.1) is 5.41 Å². The van der Waals surface area contributed by atoms with Crippen molar-refractivity contribution in [2.75, 3.05) is 6.61 Å². The van der Waals surface area contributed by atoms with E-state index in [-0.39, 0.29) is 25.4 Å². The van der Waals surface area contributed by atoms with Crippen molar-refractivity contribution in [1.82, 2.24) is 5.32 Å². The standard InChI is InChI=1S/C12H21NO5/c1-5-18-11(17)8(2)13-9(14)6-12(3,4)7-10(15)16/h8H,5-7H2,1-4H3,(H,13,14)(H,15,16). The maximum atomic E-state index is 11.6. The highest BCUT2D eigenvalue weighted by molar-refractivity contribution is 5.84. The maximum Gasteiger partial charge on any atom is 0.328 e. The van der Waals surface area contributed by atoms with E-state index in [1.807, 2.05) is 0 Å². The minimum Gasteiger partial charge on any atom is -0.481 e. The Morgan fingerprint density at radius 1 is 1.28 bits per heavy atom. The maximum absolute atomic E-state index is 11.6. The van der Waals surface area contributed by atoms with Crippen molar-refractivity contribution in [3.63, 3.8) is 0 Å². The first-order valence-corrected chi connectivity index (χ1v) is 5.85. The number of hydrogen-bond acceptors (Lipinski definition) is 4. The van der Waals surface area contributed by atoms with Gasteiger partial charge < -0.3 is 15.2 Å². The van der Waals surface area contributed by atoms with Crippen molar-refractivity contribution in [1.29, 1.82) is 0 Å². The average molecular weight is 259 g/mol. The van der Waals surface area contributed by atoms with E-state index in [1.54, 1.807) is 20.8 Å². The zero-order valence-corrected chi connectivity index (χ0v) is 11.3. The van der Waals surface area contributed by atoms with Crippen molar-refractivity contribution >= 4 is 17.8 Å². The number of hydrogen-bond donors (Lipinski definition) is 2. The van der Waals surface area contributed by atoms with E-state index in [4.69, 9.17) is 9.84 Å². The molecule has 1 atom stereocenters. The number of carbonyl (C=O) groups is 3. The van der Waals surface area contributed by atoms with Crippen LogP contribution >= 0.6 is 0 Å². The molecule has 0 aliphatic heterocycles. The van der Waals surface area contributed by atoms with Gasteiger partial charge in [0.2, 0.25) is 5.91 Å². The monoisotopic (exact) mass is 259 g/mol. The third-order valence-corrected chi connectivity index (χ3v) is 2.29. The quantitative estimate of drug-likeness (QED) is 0.664. The molecule has 0 saturated heterocycles. The Morgan fingerprint density at radius 2 is 1.83 bits per heavy atom. The molecule has 0 radical (unpaired) electrons. The summed E-state index contributed by atoms with van der Waals surface area (Å²) in [6.07, 6.45) is -0.0583. The lowest BCUT2D eigenvalue weighted by Gasteiger charge is -2.22. The molecule has 0 saturated carbocycles. The van der Waals surface area contributed by atoms with E-state index >= 15 is 0 Å². The lowest BCUT2D eigenvalue weighted by Crippen LogP contribution is -2.41. The van der Waals surface area contributed by atoms with E-state index in [2.05, 4.69) is 5.32 Å². The number of aliphatic carboxylic acids is 1. The van der Waals surface area contributed by atoms with Crippen LogP contribution in [-0.2, 0) is 19.1 Å². The fraction of sp³-hybridized carbons (Fsp3) is 0.750. The van der Waals surface area contributed by atoms with Gasteiger partial charge in [-0.1, -0.05) is 13.8 Å². The van der Waals surface area contributed by atoms with Crippen LogP contribution < -0.4 is 5.32 Å². The molecule has 0 rings (SSSR count). The molecule has 0 aliphatic rings. The molecule has 0 aromatic rings. The highest BCUT2D eigenvalue weighted by Gasteiger charge is 2.26. The summed E-state index contributed by atoms with van der Waals surface area (Å²) < 4.78 is 4.75. The van der Waals surface area contributed by atoms with Crippen LogP contribution in [0.1, 0.15) is 40.5 Å². The second-order valence-electron chi connectivity index (χ2n) is 4.95. The first kappa shape index (κ1) is 16.4. The van der Waals surface area contributed by atoms with Crippen LogP contribution in [0.25, 0.3) is 0 Å². The van der Waals surface area contributed by atoms with Gasteiger partial charge in [-0.05, 0) is 19.3 Å². The SMILES string of the molecule is CCOC(=O)C(C)NC(=O)CC(C)(C)CC(=O)O. The Kier molecular flexibility index (Phi) is 6.36.